The molecule has 0 amide bonds. The molecule has 1 aromatic carbocycles. The molecule has 0 unspecified atom stereocenters. The number of hydrogen-bond acceptors (Lipinski definition) is 2. The third-order valence-corrected chi connectivity index (χ3v) is 1.76. The second-order valence-electron chi connectivity index (χ2n) is 2.54. The first-order valence-electron chi connectivity index (χ1n) is 3.84. The van der Waals surface area contributed by atoms with E-state index in [2.05, 4.69) is 4.74 Å². The van der Waals surface area contributed by atoms with Crippen LogP contribution in [0.3, 0.4) is 0 Å². The number of rotatable bonds is 2. The molecular weight excluding hydrogens is 207 g/mol. The Balaban J connectivity index is 2.91. The summed E-state index contributed by atoms with van der Waals surface area (Å²) in [7, 11) is 1.12. The molecule has 0 aliphatic carbocycles. The van der Waals surface area contributed by atoms with Crippen LogP contribution in [-0.2, 0) is 9.53 Å². The number of carbonyl (C=O) groups excluding carboxylic acids is 1. The Morgan fingerprint density at radius 2 is 2.29 bits per heavy atom. The Labute approximate surface area is 85.9 Å². The molecule has 0 radical (unpaired) electrons. The maximum absolute atomic E-state index is 13.0. The molecular formula is C10H8ClFO2. The lowest BCUT2D eigenvalue weighted by atomic mass is 10.2. The molecule has 0 saturated carbocycles. The minimum absolute atomic E-state index is 0.483. The fourth-order valence-corrected chi connectivity index (χ4v) is 1.10. The highest BCUT2D eigenvalue weighted by atomic mass is 35.5. The Morgan fingerprint density at radius 3 is 2.86 bits per heavy atom. The second kappa shape index (κ2) is 4.77. The van der Waals surface area contributed by atoms with Crippen molar-refractivity contribution in [3.05, 3.63) is 40.7 Å². The predicted octanol–water partition coefficient (Wildman–Crippen LogP) is 2.82. The molecule has 0 fully saturated rings. The van der Waals surface area contributed by atoms with E-state index in [1.807, 2.05) is 0 Å². The van der Waals surface area contributed by atoms with Crippen LogP contribution in [0, 0.1) is 0 Å². The number of ether oxygens (including phenoxy) is 1. The van der Waals surface area contributed by atoms with Crippen molar-refractivity contribution in [1.82, 2.24) is 0 Å². The van der Waals surface area contributed by atoms with E-state index in [9.17, 15) is 9.18 Å². The fourth-order valence-electron chi connectivity index (χ4n) is 0.899. The van der Waals surface area contributed by atoms with Gasteiger partial charge in [0.1, 0.15) is 0 Å². The van der Waals surface area contributed by atoms with E-state index >= 15 is 0 Å². The van der Waals surface area contributed by atoms with Gasteiger partial charge in [0.2, 0.25) is 5.83 Å². The third kappa shape index (κ3) is 2.85. The molecule has 0 bridgehead atoms. The van der Waals surface area contributed by atoms with Gasteiger partial charge in [0.15, 0.2) is 0 Å². The normalized spacial score (nSPS) is 11.2. The van der Waals surface area contributed by atoms with Crippen LogP contribution in [0.4, 0.5) is 4.39 Å². The van der Waals surface area contributed by atoms with E-state index in [1.165, 1.54) is 0 Å². The highest BCUT2D eigenvalue weighted by Gasteiger charge is 2.07. The van der Waals surface area contributed by atoms with Crippen LogP contribution in [0.15, 0.2) is 30.1 Å². The Morgan fingerprint density at radius 1 is 1.57 bits per heavy atom. The highest BCUT2D eigenvalue weighted by Crippen LogP contribution is 2.14. The fraction of sp³-hybridized carbons (Fsp3) is 0.100. The Hall–Kier alpha value is -1.35. The van der Waals surface area contributed by atoms with E-state index < -0.39 is 11.8 Å². The number of halogens is 2. The Bertz CT molecular complexity index is 374. The molecule has 0 aromatic heterocycles. The smallest absolute Gasteiger partial charge is 0.366 e. The van der Waals surface area contributed by atoms with Crippen LogP contribution in [0.1, 0.15) is 5.56 Å². The molecule has 74 valence electrons. The number of hydrogen-bond donors (Lipinski definition) is 0. The largest absolute Gasteiger partial charge is 0.464 e. The molecule has 14 heavy (non-hydrogen) atoms. The van der Waals surface area contributed by atoms with Gasteiger partial charge in [-0.2, -0.15) is 4.39 Å². The van der Waals surface area contributed by atoms with Crippen molar-refractivity contribution in [2.75, 3.05) is 7.11 Å². The SMILES string of the molecule is COC(=O)/C(F)=C/c1cccc(Cl)c1. The maximum atomic E-state index is 13.0. The standard InChI is InChI=1S/C10H8ClFO2/c1-14-10(13)9(12)6-7-3-2-4-8(11)5-7/h2-6H,1H3/b9-6-. The van der Waals surface area contributed by atoms with Gasteiger partial charge in [-0.1, -0.05) is 23.7 Å². The lowest BCUT2D eigenvalue weighted by Crippen LogP contribution is -1.99. The van der Waals surface area contributed by atoms with Crippen molar-refractivity contribution >= 4 is 23.6 Å². The molecule has 0 aliphatic heterocycles. The van der Waals surface area contributed by atoms with E-state index in [1.54, 1.807) is 24.3 Å². The molecule has 0 atom stereocenters. The van der Waals surface area contributed by atoms with Crippen LogP contribution in [-0.4, -0.2) is 13.1 Å². The van der Waals surface area contributed by atoms with Gasteiger partial charge < -0.3 is 4.74 Å². The van der Waals surface area contributed by atoms with E-state index in [-0.39, 0.29) is 0 Å². The monoisotopic (exact) mass is 214 g/mol. The molecule has 1 rings (SSSR count). The van der Waals surface area contributed by atoms with E-state index in [0.29, 0.717) is 10.6 Å². The van der Waals surface area contributed by atoms with Gasteiger partial charge in [0.05, 0.1) is 7.11 Å². The highest BCUT2D eigenvalue weighted by molar-refractivity contribution is 6.30. The number of benzene rings is 1. The van der Waals surface area contributed by atoms with Gasteiger partial charge in [-0.25, -0.2) is 4.79 Å². The number of esters is 1. The maximum Gasteiger partial charge on any atom is 0.366 e. The molecule has 0 heterocycles. The molecule has 0 aliphatic rings. The zero-order chi connectivity index (χ0) is 10.6. The molecule has 0 spiro atoms. The van der Waals surface area contributed by atoms with Crippen LogP contribution in [0.2, 0.25) is 5.02 Å². The molecule has 2 nitrogen and oxygen atoms in total. The van der Waals surface area contributed by atoms with Crippen molar-refractivity contribution in [3.63, 3.8) is 0 Å². The average molecular weight is 215 g/mol. The van der Waals surface area contributed by atoms with Crippen molar-refractivity contribution in [3.8, 4) is 0 Å². The zero-order valence-electron chi connectivity index (χ0n) is 7.46. The van der Waals surface area contributed by atoms with Gasteiger partial charge in [-0.05, 0) is 23.8 Å². The van der Waals surface area contributed by atoms with Crippen molar-refractivity contribution in [1.29, 1.82) is 0 Å². The first kappa shape index (κ1) is 10.7. The van der Waals surface area contributed by atoms with Crippen LogP contribution in [0.5, 0.6) is 0 Å². The summed E-state index contributed by atoms with van der Waals surface area (Å²) in [5.74, 6) is -1.94. The van der Waals surface area contributed by atoms with E-state index in [4.69, 9.17) is 11.6 Å². The first-order chi connectivity index (χ1) is 6.63. The first-order valence-corrected chi connectivity index (χ1v) is 4.22. The van der Waals surface area contributed by atoms with E-state index in [0.717, 1.165) is 13.2 Å². The van der Waals surface area contributed by atoms with Crippen molar-refractivity contribution < 1.29 is 13.9 Å². The number of carbonyl (C=O) groups is 1. The summed E-state index contributed by atoms with van der Waals surface area (Å²) in [6.45, 7) is 0. The van der Waals surface area contributed by atoms with Crippen LogP contribution >= 0.6 is 11.6 Å². The van der Waals surface area contributed by atoms with Gasteiger partial charge in [0, 0.05) is 5.02 Å². The van der Waals surface area contributed by atoms with Gasteiger partial charge in [-0.15, -0.1) is 0 Å². The van der Waals surface area contributed by atoms with Crippen molar-refractivity contribution in [2.24, 2.45) is 0 Å². The van der Waals surface area contributed by atoms with Gasteiger partial charge >= 0.3 is 5.97 Å². The third-order valence-electron chi connectivity index (χ3n) is 1.52. The minimum Gasteiger partial charge on any atom is -0.464 e. The molecule has 0 N–H and O–H groups in total. The van der Waals surface area contributed by atoms with Crippen LogP contribution in [0.25, 0.3) is 6.08 Å². The topological polar surface area (TPSA) is 26.3 Å². The second-order valence-corrected chi connectivity index (χ2v) is 2.98. The molecule has 1 aromatic rings. The summed E-state index contributed by atoms with van der Waals surface area (Å²) in [5, 5.41) is 0.483. The minimum atomic E-state index is -0.995. The van der Waals surface area contributed by atoms with Crippen molar-refractivity contribution in [2.45, 2.75) is 0 Å². The Kier molecular flexibility index (Phi) is 3.65. The summed E-state index contributed by atoms with van der Waals surface area (Å²) >= 11 is 5.67. The summed E-state index contributed by atoms with van der Waals surface area (Å²) in [6, 6.07) is 6.51. The van der Waals surface area contributed by atoms with Gasteiger partial charge in [-0.3, -0.25) is 0 Å². The summed E-state index contributed by atoms with van der Waals surface area (Å²) in [5.41, 5.74) is 0.514. The summed E-state index contributed by atoms with van der Waals surface area (Å²) < 4.78 is 17.2. The summed E-state index contributed by atoms with van der Waals surface area (Å²) in [4.78, 5) is 10.7. The molecule has 4 heteroatoms. The van der Waals surface area contributed by atoms with Gasteiger partial charge in [0.25, 0.3) is 0 Å². The quantitative estimate of drug-likeness (QED) is 0.559. The summed E-state index contributed by atoms with van der Waals surface area (Å²) in [6.07, 6.45) is 1.07. The zero-order valence-corrected chi connectivity index (χ0v) is 8.22. The predicted molar refractivity (Wildman–Crippen MR) is 52.6 cm³/mol. The lowest BCUT2D eigenvalue weighted by molar-refractivity contribution is -0.137. The number of methoxy groups -OCH3 is 1. The van der Waals surface area contributed by atoms with Crippen LogP contribution < -0.4 is 0 Å². The average Bonchev–Trinajstić information content (AvgIpc) is 2.16. The lowest BCUT2D eigenvalue weighted by Gasteiger charge is -1.96. The molecule has 0 saturated heterocycles.